The molecule has 0 spiro atoms. The van der Waals surface area contributed by atoms with E-state index in [4.69, 9.17) is 5.11 Å². The summed E-state index contributed by atoms with van der Waals surface area (Å²) in [5.41, 5.74) is -0.939. The number of halogens is 3. The third kappa shape index (κ3) is 2.80. The van der Waals surface area contributed by atoms with E-state index in [-0.39, 0.29) is 11.7 Å². The van der Waals surface area contributed by atoms with Crippen LogP contribution in [-0.4, -0.2) is 27.6 Å². The fourth-order valence-electron chi connectivity index (χ4n) is 2.32. The Balaban J connectivity index is 1.86. The minimum absolute atomic E-state index is 0.0398. The smallest absolute Gasteiger partial charge is 0.434 e. The summed E-state index contributed by atoms with van der Waals surface area (Å²) in [6.07, 6.45) is -2.94. The Labute approximate surface area is 131 Å². The zero-order valence-corrected chi connectivity index (χ0v) is 12.6. The van der Waals surface area contributed by atoms with Crippen LogP contribution in [0.4, 0.5) is 18.3 Å². The fourth-order valence-corrected chi connectivity index (χ4v) is 4.17. The van der Waals surface area contributed by atoms with Crippen molar-refractivity contribution in [1.82, 2.24) is 9.97 Å². The minimum Gasteiger partial charge on any atom is -0.476 e. The molecule has 0 aromatic carbocycles. The SMILES string of the molecule is O=C(O)c1csc(C2CCCN2c2nc(C(F)(F)F)cs2)n1. The maximum absolute atomic E-state index is 12.7. The van der Waals surface area contributed by atoms with Gasteiger partial charge in [0.25, 0.3) is 0 Å². The maximum atomic E-state index is 12.7. The highest BCUT2D eigenvalue weighted by Gasteiger charge is 2.36. The van der Waals surface area contributed by atoms with E-state index in [1.54, 1.807) is 4.90 Å². The van der Waals surface area contributed by atoms with Crippen LogP contribution in [0.1, 0.15) is 40.1 Å². The molecular formula is C12H10F3N3O2S2. The summed E-state index contributed by atoms with van der Waals surface area (Å²) in [5, 5.41) is 12.2. The largest absolute Gasteiger partial charge is 0.476 e. The summed E-state index contributed by atoms with van der Waals surface area (Å²) in [5.74, 6) is -1.11. The number of carboxylic acids is 1. The van der Waals surface area contributed by atoms with Crippen LogP contribution in [-0.2, 0) is 6.18 Å². The van der Waals surface area contributed by atoms with E-state index in [2.05, 4.69) is 9.97 Å². The molecule has 0 amide bonds. The molecule has 1 aliphatic rings. The molecular weight excluding hydrogens is 339 g/mol. The van der Waals surface area contributed by atoms with Gasteiger partial charge in [-0.25, -0.2) is 14.8 Å². The number of alkyl halides is 3. The molecule has 0 radical (unpaired) electrons. The molecule has 0 aliphatic carbocycles. The van der Waals surface area contributed by atoms with Gasteiger partial charge in [0, 0.05) is 17.3 Å². The highest BCUT2D eigenvalue weighted by Crippen LogP contribution is 2.40. The topological polar surface area (TPSA) is 66.3 Å². The van der Waals surface area contributed by atoms with E-state index in [1.165, 1.54) is 16.7 Å². The highest BCUT2D eigenvalue weighted by molar-refractivity contribution is 7.13. The summed E-state index contributed by atoms with van der Waals surface area (Å²) in [7, 11) is 0. The van der Waals surface area contributed by atoms with Gasteiger partial charge in [-0.1, -0.05) is 0 Å². The predicted octanol–water partition coefficient (Wildman–Crippen LogP) is 3.66. The molecule has 118 valence electrons. The molecule has 22 heavy (non-hydrogen) atoms. The van der Waals surface area contributed by atoms with Gasteiger partial charge < -0.3 is 10.0 Å². The number of anilines is 1. The van der Waals surface area contributed by atoms with Crippen LogP contribution in [0.2, 0.25) is 0 Å². The lowest BCUT2D eigenvalue weighted by atomic mass is 10.2. The highest BCUT2D eigenvalue weighted by atomic mass is 32.1. The van der Waals surface area contributed by atoms with Gasteiger partial charge >= 0.3 is 12.1 Å². The second-order valence-corrected chi connectivity index (χ2v) is 6.47. The van der Waals surface area contributed by atoms with Gasteiger partial charge in [-0.2, -0.15) is 13.2 Å². The molecule has 1 aliphatic heterocycles. The van der Waals surface area contributed by atoms with Gasteiger partial charge in [0.2, 0.25) is 0 Å². The summed E-state index contributed by atoms with van der Waals surface area (Å²) in [6, 6.07) is -0.217. The van der Waals surface area contributed by atoms with E-state index >= 15 is 0 Å². The molecule has 0 saturated carbocycles. The number of aromatic nitrogens is 2. The molecule has 1 unspecified atom stereocenters. The molecule has 1 N–H and O–H groups in total. The quantitative estimate of drug-likeness (QED) is 0.916. The van der Waals surface area contributed by atoms with Crippen molar-refractivity contribution in [1.29, 1.82) is 0 Å². The minimum atomic E-state index is -4.46. The zero-order valence-electron chi connectivity index (χ0n) is 11.0. The van der Waals surface area contributed by atoms with Crippen molar-refractivity contribution in [3.8, 4) is 0 Å². The van der Waals surface area contributed by atoms with Gasteiger partial charge in [-0.3, -0.25) is 0 Å². The first kappa shape index (κ1) is 15.2. The van der Waals surface area contributed by atoms with Crippen LogP contribution in [0.5, 0.6) is 0 Å². The van der Waals surface area contributed by atoms with Crippen LogP contribution in [0.15, 0.2) is 10.8 Å². The number of hydrogen-bond donors (Lipinski definition) is 1. The molecule has 5 nitrogen and oxygen atoms in total. The third-order valence-corrected chi connectivity index (χ3v) is 5.13. The van der Waals surface area contributed by atoms with E-state index in [0.29, 0.717) is 23.1 Å². The molecule has 3 heterocycles. The summed E-state index contributed by atoms with van der Waals surface area (Å²) >= 11 is 2.15. The maximum Gasteiger partial charge on any atom is 0.434 e. The number of rotatable bonds is 3. The molecule has 1 atom stereocenters. The van der Waals surface area contributed by atoms with Gasteiger partial charge in [-0.15, -0.1) is 22.7 Å². The summed E-state index contributed by atoms with van der Waals surface area (Å²) < 4.78 is 38.0. The lowest BCUT2D eigenvalue weighted by Gasteiger charge is -2.22. The molecule has 0 bridgehead atoms. The van der Waals surface area contributed by atoms with Crippen molar-refractivity contribution < 1.29 is 23.1 Å². The van der Waals surface area contributed by atoms with Crippen molar-refractivity contribution in [3.63, 3.8) is 0 Å². The number of hydrogen-bond acceptors (Lipinski definition) is 6. The average Bonchev–Trinajstić information content (AvgIpc) is 3.17. The molecule has 3 rings (SSSR count). The lowest BCUT2D eigenvalue weighted by molar-refractivity contribution is -0.140. The first-order chi connectivity index (χ1) is 10.4. The molecule has 1 fully saturated rings. The Bertz CT molecular complexity index is 698. The second-order valence-electron chi connectivity index (χ2n) is 4.74. The van der Waals surface area contributed by atoms with Crippen molar-refractivity contribution >= 4 is 33.8 Å². The molecule has 2 aromatic rings. The Kier molecular flexibility index (Phi) is 3.81. The molecule has 1 saturated heterocycles. The summed E-state index contributed by atoms with van der Waals surface area (Å²) in [4.78, 5) is 20.4. The van der Waals surface area contributed by atoms with E-state index in [0.717, 1.165) is 23.1 Å². The lowest BCUT2D eigenvalue weighted by Crippen LogP contribution is -2.22. The van der Waals surface area contributed by atoms with Crippen LogP contribution in [0.3, 0.4) is 0 Å². The van der Waals surface area contributed by atoms with Gasteiger partial charge in [-0.05, 0) is 12.8 Å². The number of nitrogens with zero attached hydrogens (tertiary/aromatic N) is 3. The van der Waals surface area contributed by atoms with Gasteiger partial charge in [0.15, 0.2) is 16.5 Å². The Morgan fingerprint density at radius 2 is 2.09 bits per heavy atom. The monoisotopic (exact) mass is 349 g/mol. The normalized spacial score (nSPS) is 18.9. The first-order valence-electron chi connectivity index (χ1n) is 6.34. The van der Waals surface area contributed by atoms with Crippen molar-refractivity contribution in [2.45, 2.75) is 25.1 Å². The van der Waals surface area contributed by atoms with Crippen molar-refractivity contribution in [2.24, 2.45) is 0 Å². The number of carbonyl (C=O) groups is 1. The van der Waals surface area contributed by atoms with E-state index in [1.807, 2.05) is 0 Å². The summed E-state index contributed by atoms with van der Waals surface area (Å²) in [6.45, 7) is 0.581. The third-order valence-electron chi connectivity index (χ3n) is 3.31. The number of aromatic carboxylic acids is 1. The molecule has 2 aromatic heterocycles. The van der Waals surface area contributed by atoms with Crippen LogP contribution < -0.4 is 4.90 Å². The Morgan fingerprint density at radius 1 is 1.32 bits per heavy atom. The standard InChI is InChI=1S/C12H10F3N3O2S2/c13-12(14,15)8-5-22-11(17-8)18-3-1-2-7(18)9-16-6(4-21-9)10(19)20/h4-5,7H,1-3H2,(H,19,20). The average molecular weight is 349 g/mol. The van der Waals surface area contributed by atoms with Gasteiger partial charge in [0.1, 0.15) is 5.01 Å². The van der Waals surface area contributed by atoms with Crippen LogP contribution in [0.25, 0.3) is 0 Å². The Hall–Kier alpha value is -1.68. The number of carboxylic acid groups (broad SMARTS) is 1. The van der Waals surface area contributed by atoms with Crippen molar-refractivity contribution in [2.75, 3.05) is 11.4 Å². The van der Waals surface area contributed by atoms with Crippen LogP contribution in [0, 0.1) is 0 Å². The zero-order chi connectivity index (χ0) is 15.9. The van der Waals surface area contributed by atoms with Crippen molar-refractivity contribution in [3.05, 3.63) is 27.2 Å². The van der Waals surface area contributed by atoms with E-state index in [9.17, 15) is 18.0 Å². The van der Waals surface area contributed by atoms with E-state index < -0.39 is 17.8 Å². The number of thiazole rings is 2. The predicted molar refractivity (Wildman–Crippen MR) is 75.5 cm³/mol. The fraction of sp³-hybridized carbons (Fsp3) is 0.417. The molecule has 10 heteroatoms. The van der Waals surface area contributed by atoms with Gasteiger partial charge in [0.05, 0.1) is 6.04 Å². The Morgan fingerprint density at radius 3 is 2.68 bits per heavy atom. The second kappa shape index (κ2) is 5.51. The first-order valence-corrected chi connectivity index (χ1v) is 8.10. The van der Waals surface area contributed by atoms with Crippen LogP contribution >= 0.6 is 22.7 Å².